The lowest BCUT2D eigenvalue weighted by molar-refractivity contribution is -0.192. The normalized spacial score (nSPS) is 16.6. The third kappa shape index (κ3) is 8.69. The Balaban J connectivity index is 0.000000505. The molecule has 1 atom stereocenters. The van der Waals surface area contributed by atoms with Crippen molar-refractivity contribution >= 4 is 28.9 Å². The predicted octanol–water partition coefficient (Wildman–Crippen LogP) is 2.63. The lowest BCUT2D eigenvalue weighted by Crippen LogP contribution is -2.32. The van der Waals surface area contributed by atoms with E-state index in [1.807, 2.05) is 41.2 Å². The first-order valence-electron chi connectivity index (χ1n) is 11.3. The molecule has 0 aliphatic carbocycles. The van der Waals surface area contributed by atoms with Crippen LogP contribution in [0.4, 0.5) is 13.2 Å². The van der Waals surface area contributed by atoms with Gasteiger partial charge in [-0.1, -0.05) is 23.9 Å². The van der Waals surface area contributed by atoms with Crippen molar-refractivity contribution in [2.75, 3.05) is 20.2 Å². The van der Waals surface area contributed by atoms with Crippen molar-refractivity contribution in [3.63, 3.8) is 0 Å². The summed E-state index contributed by atoms with van der Waals surface area (Å²) in [4.78, 5) is 20.5. The van der Waals surface area contributed by atoms with Crippen LogP contribution in [0.15, 0.2) is 42.1 Å². The molecule has 38 heavy (non-hydrogen) atoms. The van der Waals surface area contributed by atoms with Crippen molar-refractivity contribution in [1.82, 2.24) is 35.3 Å². The Hall–Kier alpha value is -3.72. The average molecular weight is 554 g/mol. The number of tetrazole rings is 1. The third-order valence-electron chi connectivity index (χ3n) is 5.27. The average Bonchev–Trinajstić information content (AvgIpc) is 3.50. The maximum absolute atomic E-state index is 11.6. The van der Waals surface area contributed by atoms with Crippen LogP contribution in [0.5, 0.6) is 5.75 Å². The molecule has 1 aromatic carbocycles. The number of aromatic nitrogens is 6. The van der Waals surface area contributed by atoms with E-state index in [9.17, 15) is 18.0 Å². The topological polar surface area (TPSA) is 137 Å². The summed E-state index contributed by atoms with van der Waals surface area (Å²) in [5.74, 6) is -1.22. The summed E-state index contributed by atoms with van der Waals surface area (Å²) >= 11 is 1.40. The Labute approximate surface area is 220 Å². The van der Waals surface area contributed by atoms with Gasteiger partial charge in [0.1, 0.15) is 12.3 Å². The van der Waals surface area contributed by atoms with Crippen molar-refractivity contribution in [1.29, 1.82) is 0 Å². The van der Waals surface area contributed by atoms with E-state index in [0.29, 0.717) is 13.1 Å². The van der Waals surface area contributed by atoms with Crippen LogP contribution in [0.3, 0.4) is 0 Å². The van der Waals surface area contributed by atoms with Crippen molar-refractivity contribution in [3.8, 4) is 5.75 Å². The molecule has 3 aromatic rings. The molecular weight excluding hydrogens is 527 g/mol. The number of carboxylic acid groups (broad SMARTS) is 1. The Morgan fingerprint density at radius 2 is 1.95 bits per heavy atom. The molecule has 0 amide bonds. The van der Waals surface area contributed by atoms with E-state index >= 15 is 0 Å². The van der Waals surface area contributed by atoms with Crippen LogP contribution in [0, 0.1) is 0 Å². The highest BCUT2D eigenvalue weighted by molar-refractivity contribution is 8.14. The molecule has 1 unspecified atom stereocenters. The number of thioether (sulfide) groups is 1. The Morgan fingerprint density at radius 3 is 2.58 bits per heavy atom. The largest absolute Gasteiger partial charge is 0.497 e. The molecule has 1 fully saturated rings. The standard InChI is InChI=1S/C21H25N7O2S.C2HF3O2/c1-15(29)31-20-7-9-22-12-17(20)11-18-8-10-27(24-18)14-21-23-25-26-28(21)13-16-3-5-19(30-2)6-4-16;3-2(4,5)1(6)7/h3-6,8,10-11,20,22H,7,9,12-14H2,1-2H3;(H,6,7)/b17-11+;. The lowest BCUT2D eigenvalue weighted by Gasteiger charge is -2.24. The van der Waals surface area contributed by atoms with Gasteiger partial charge in [-0.25, -0.2) is 9.48 Å². The number of rotatable bonds is 7. The van der Waals surface area contributed by atoms with Gasteiger partial charge in [0, 0.05) is 24.9 Å². The van der Waals surface area contributed by atoms with E-state index < -0.39 is 12.1 Å². The minimum atomic E-state index is -5.08. The van der Waals surface area contributed by atoms with Gasteiger partial charge in [0.15, 0.2) is 10.9 Å². The fraction of sp³-hybridized carbons (Fsp3) is 0.391. The highest BCUT2D eigenvalue weighted by Crippen LogP contribution is 2.26. The van der Waals surface area contributed by atoms with Crippen LogP contribution in [-0.2, 0) is 22.7 Å². The zero-order valence-corrected chi connectivity index (χ0v) is 21.4. The van der Waals surface area contributed by atoms with Gasteiger partial charge in [-0.2, -0.15) is 18.3 Å². The molecule has 3 heterocycles. The molecule has 2 aromatic heterocycles. The monoisotopic (exact) mass is 553 g/mol. The first-order chi connectivity index (χ1) is 18.0. The van der Waals surface area contributed by atoms with Crippen LogP contribution in [-0.4, -0.2) is 77.8 Å². The number of alkyl halides is 3. The highest BCUT2D eigenvalue weighted by atomic mass is 32.2. The third-order valence-corrected chi connectivity index (χ3v) is 6.43. The highest BCUT2D eigenvalue weighted by Gasteiger charge is 2.38. The molecule has 0 radical (unpaired) electrons. The summed E-state index contributed by atoms with van der Waals surface area (Å²) in [6, 6.07) is 9.80. The second-order valence-electron chi connectivity index (χ2n) is 8.12. The first-order valence-corrected chi connectivity index (χ1v) is 12.2. The number of nitrogens with zero attached hydrogens (tertiary/aromatic N) is 6. The van der Waals surface area contributed by atoms with Gasteiger partial charge >= 0.3 is 12.1 Å². The molecule has 2 N–H and O–H groups in total. The lowest BCUT2D eigenvalue weighted by atomic mass is 10.0. The minimum Gasteiger partial charge on any atom is -0.497 e. The van der Waals surface area contributed by atoms with Gasteiger partial charge < -0.3 is 15.2 Å². The Bertz CT molecular complexity index is 1260. The predicted molar refractivity (Wildman–Crippen MR) is 132 cm³/mol. The minimum absolute atomic E-state index is 0.145. The number of hydrogen-bond donors (Lipinski definition) is 2. The smallest absolute Gasteiger partial charge is 0.490 e. The number of carbonyl (C=O) groups is 2. The van der Waals surface area contributed by atoms with Gasteiger partial charge in [0.2, 0.25) is 0 Å². The second kappa shape index (κ2) is 13.2. The maximum atomic E-state index is 11.6. The number of carboxylic acids is 1. The Kier molecular flexibility index (Phi) is 10.0. The summed E-state index contributed by atoms with van der Waals surface area (Å²) in [6.45, 7) is 4.36. The van der Waals surface area contributed by atoms with Gasteiger partial charge in [-0.3, -0.25) is 9.48 Å². The van der Waals surface area contributed by atoms with Crippen LogP contribution in [0.25, 0.3) is 6.08 Å². The number of nitrogens with one attached hydrogen (secondary N) is 1. The molecule has 204 valence electrons. The summed E-state index contributed by atoms with van der Waals surface area (Å²) < 4.78 is 40.5. The fourth-order valence-electron chi connectivity index (χ4n) is 3.48. The zero-order valence-electron chi connectivity index (χ0n) is 20.6. The molecule has 1 aliphatic heterocycles. The number of hydrogen-bond acceptors (Lipinski definition) is 9. The number of methoxy groups -OCH3 is 1. The van der Waals surface area contributed by atoms with Crippen LogP contribution >= 0.6 is 11.8 Å². The number of benzene rings is 1. The molecule has 15 heteroatoms. The van der Waals surface area contributed by atoms with Crippen molar-refractivity contribution in [2.45, 2.75) is 37.9 Å². The van der Waals surface area contributed by atoms with E-state index in [4.69, 9.17) is 14.6 Å². The molecule has 0 spiro atoms. The molecular formula is C23H26F3N7O4S. The summed E-state index contributed by atoms with van der Waals surface area (Å²) in [5, 5.41) is 27.6. The summed E-state index contributed by atoms with van der Waals surface area (Å²) in [5.41, 5.74) is 3.14. The molecule has 0 saturated carbocycles. The van der Waals surface area contributed by atoms with Crippen LogP contribution in [0.2, 0.25) is 0 Å². The number of piperidine rings is 1. The van der Waals surface area contributed by atoms with Gasteiger partial charge in [-0.05, 0) is 58.8 Å². The van der Waals surface area contributed by atoms with Crippen LogP contribution in [0.1, 0.15) is 30.4 Å². The summed E-state index contributed by atoms with van der Waals surface area (Å²) in [7, 11) is 1.65. The molecule has 4 rings (SSSR count). The van der Waals surface area contributed by atoms with Gasteiger partial charge in [-0.15, -0.1) is 5.10 Å². The second-order valence-corrected chi connectivity index (χ2v) is 9.50. The summed E-state index contributed by atoms with van der Waals surface area (Å²) in [6.07, 6.45) is -0.150. The van der Waals surface area contributed by atoms with Crippen molar-refractivity contribution in [3.05, 3.63) is 59.2 Å². The van der Waals surface area contributed by atoms with E-state index in [1.165, 1.54) is 17.3 Å². The number of carbonyl (C=O) groups excluding carboxylic acids is 1. The zero-order chi connectivity index (χ0) is 27.7. The number of ether oxygens (including phenoxy) is 1. The molecule has 0 bridgehead atoms. The van der Waals surface area contributed by atoms with Crippen molar-refractivity contribution < 1.29 is 32.6 Å². The van der Waals surface area contributed by atoms with E-state index in [1.54, 1.807) is 18.7 Å². The van der Waals surface area contributed by atoms with Crippen molar-refractivity contribution in [2.24, 2.45) is 0 Å². The van der Waals surface area contributed by atoms with Crippen LogP contribution < -0.4 is 10.1 Å². The molecule has 11 nitrogen and oxygen atoms in total. The maximum Gasteiger partial charge on any atom is 0.490 e. The van der Waals surface area contributed by atoms with E-state index in [0.717, 1.165) is 42.3 Å². The fourth-order valence-corrected chi connectivity index (χ4v) is 4.42. The van der Waals surface area contributed by atoms with E-state index in [2.05, 4.69) is 32.0 Å². The number of halogens is 3. The number of aliphatic carboxylic acids is 1. The SMILES string of the molecule is COc1ccc(Cn2nnnc2Cn2ccc(/C=C3\CNCCC3SC(C)=O)n2)cc1.O=C(O)C(F)(F)F. The molecule has 1 aliphatic rings. The van der Waals surface area contributed by atoms with Gasteiger partial charge in [0.25, 0.3) is 0 Å². The quantitative estimate of drug-likeness (QED) is 0.449. The van der Waals surface area contributed by atoms with E-state index in [-0.39, 0.29) is 10.4 Å². The molecule has 1 saturated heterocycles. The van der Waals surface area contributed by atoms with Gasteiger partial charge in [0.05, 0.1) is 19.3 Å². The first kappa shape index (κ1) is 28.8. The Morgan fingerprint density at radius 1 is 1.24 bits per heavy atom.